The molecule has 37 heavy (non-hydrogen) atoms. The molecule has 0 aromatic carbocycles. The van der Waals surface area contributed by atoms with Crippen LogP contribution in [0.3, 0.4) is 0 Å². The van der Waals surface area contributed by atoms with Gasteiger partial charge in [0.2, 0.25) is 0 Å². The second-order valence-corrected chi connectivity index (χ2v) is 10.2. The summed E-state index contributed by atoms with van der Waals surface area (Å²) >= 11 is 0. The third kappa shape index (κ3) is 3.71. The van der Waals surface area contributed by atoms with Crippen LogP contribution in [0.5, 0.6) is 0 Å². The number of aromatic amines is 1. The highest BCUT2D eigenvalue weighted by atomic mass is 16.2. The average Bonchev–Trinajstić information content (AvgIpc) is 3.64. The molecule has 188 valence electrons. The monoisotopic (exact) mass is 495 g/mol. The van der Waals surface area contributed by atoms with E-state index in [2.05, 4.69) is 55.9 Å². The van der Waals surface area contributed by atoms with E-state index in [1.54, 1.807) is 10.7 Å². The zero-order valence-electron chi connectivity index (χ0n) is 21.1. The zero-order chi connectivity index (χ0) is 25.1. The molecule has 0 aliphatic carbocycles. The number of hydrogen-bond donors (Lipinski definition) is 1. The van der Waals surface area contributed by atoms with Crippen molar-refractivity contribution in [2.75, 3.05) is 46.8 Å². The minimum absolute atomic E-state index is 0.0408. The van der Waals surface area contributed by atoms with Gasteiger partial charge in [-0.3, -0.25) is 14.4 Å². The summed E-state index contributed by atoms with van der Waals surface area (Å²) in [5, 5.41) is 10.1. The number of nitrogens with zero attached hydrogens (tertiary/aromatic N) is 8. The van der Waals surface area contributed by atoms with Crippen molar-refractivity contribution in [2.24, 2.45) is 0 Å². The molecule has 0 spiro atoms. The van der Waals surface area contributed by atoms with Crippen LogP contribution in [0.1, 0.15) is 16.1 Å². The molecule has 1 N–H and O–H groups in total. The summed E-state index contributed by atoms with van der Waals surface area (Å²) in [4.78, 5) is 27.9. The van der Waals surface area contributed by atoms with E-state index in [-0.39, 0.29) is 5.91 Å². The Morgan fingerprint density at radius 2 is 1.73 bits per heavy atom. The van der Waals surface area contributed by atoms with Gasteiger partial charge in [0.25, 0.3) is 5.91 Å². The Balaban J connectivity index is 1.27. The lowest BCUT2D eigenvalue weighted by atomic mass is 10.0. The number of likely N-dealkylation sites (N-methyl/N-ethyl adjacent to an activating group) is 2. The van der Waals surface area contributed by atoms with Gasteiger partial charge in [-0.15, -0.1) is 0 Å². The molecule has 10 heteroatoms. The number of rotatable bonds is 3. The number of carbonyl (C=O) groups is 1. The molecule has 7 heterocycles. The van der Waals surface area contributed by atoms with Gasteiger partial charge in [-0.2, -0.15) is 10.2 Å². The number of nitrogens with one attached hydrogen (secondary N) is 1. The summed E-state index contributed by atoms with van der Waals surface area (Å²) in [6, 6.07) is 6.29. The van der Waals surface area contributed by atoms with E-state index >= 15 is 0 Å². The fourth-order valence-corrected chi connectivity index (χ4v) is 5.49. The molecule has 0 radical (unpaired) electrons. The highest BCUT2D eigenvalue weighted by Gasteiger charge is 2.24. The van der Waals surface area contributed by atoms with Crippen LogP contribution in [0.4, 0.5) is 0 Å². The number of pyridine rings is 2. The zero-order valence-corrected chi connectivity index (χ0v) is 21.1. The first-order valence-electron chi connectivity index (χ1n) is 12.7. The summed E-state index contributed by atoms with van der Waals surface area (Å²) in [5.41, 5.74) is 7.75. The molecule has 5 aromatic rings. The maximum absolute atomic E-state index is 13.3. The molecular weight excluding hydrogens is 466 g/mol. The van der Waals surface area contributed by atoms with E-state index in [0.29, 0.717) is 5.56 Å². The fourth-order valence-electron chi connectivity index (χ4n) is 5.49. The number of hydrogen-bond acceptors (Lipinski definition) is 6. The van der Waals surface area contributed by atoms with Crippen molar-refractivity contribution in [3.63, 3.8) is 0 Å². The minimum atomic E-state index is 0.0408. The lowest BCUT2D eigenvalue weighted by Gasteiger charge is -2.32. The van der Waals surface area contributed by atoms with Crippen molar-refractivity contribution in [1.29, 1.82) is 0 Å². The summed E-state index contributed by atoms with van der Waals surface area (Å²) in [6.45, 7) is 6.02. The number of carbonyl (C=O) groups excluding carboxylic acids is 1. The van der Waals surface area contributed by atoms with Crippen molar-refractivity contribution < 1.29 is 4.79 Å². The normalized spacial score (nSPS) is 17.1. The molecule has 7 rings (SSSR count). The summed E-state index contributed by atoms with van der Waals surface area (Å²) in [6.07, 6.45) is 9.48. The molecule has 10 nitrogen and oxygen atoms in total. The van der Waals surface area contributed by atoms with Crippen LogP contribution in [-0.4, -0.2) is 96.8 Å². The minimum Gasteiger partial charge on any atom is -0.346 e. The third-order valence-corrected chi connectivity index (χ3v) is 7.76. The van der Waals surface area contributed by atoms with Gasteiger partial charge in [0.05, 0.1) is 35.7 Å². The predicted molar refractivity (Wildman–Crippen MR) is 141 cm³/mol. The van der Waals surface area contributed by atoms with Crippen LogP contribution in [0, 0.1) is 0 Å². The van der Waals surface area contributed by atoms with E-state index in [4.69, 9.17) is 4.98 Å². The van der Waals surface area contributed by atoms with Gasteiger partial charge in [-0.05, 0) is 37.9 Å². The molecule has 1 saturated heterocycles. The molecule has 0 saturated carbocycles. The fraction of sp³-hybridized carbons (Fsp3) is 0.333. The summed E-state index contributed by atoms with van der Waals surface area (Å²) in [5.74, 6) is 0.0408. The maximum Gasteiger partial charge on any atom is 0.257 e. The predicted octanol–water partition coefficient (Wildman–Crippen LogP) is 2.57. The quantitative estimate of drug-likeness (QED) is 0.414. The average molecular weight is 496 g/mol. The Hall–Kier alpha value is -4.02. The molecule has 0 atom stereocenters. The van der Waals surface area contributed by atoms with Crippen LogP contribution in [0.2, 0.25) is 0 Å². The molecule has 1 fully saturated rings. The summed E-state index contributed by atoms with van der Waals surface area (Å²) in [7, 11) is 4.23. The van der Waals surface area contributed by atoms with Crippen molar-refractivity contribution in [3.05, 3.63) is 60.4 Å². The van der Waals surface area contributed by atoms with Crippen molar-refractivity contribution in [2.45, 2.75) is 13.1 Å². The number of fused-ring (bicyclic) bond motifs is 3. The number of H-pyrrole nitrogens is 1. The first-order chi connectivity index (χ1) is 18.0. The third-order valence-electron chi connectivity index (χ3n) is 7.76. The molecule has 1 amide bonds. The van der Waals surface area contributed by atoms with Gasteiger partial charge in [-0.1, -0.05) is 0 Å². The van der Waals surface area contributed by atoms with Crippen LogP contribution in [0.15, 0.2) is 49.2 Å². The number of amides is 1. The molecule has 2 aliphatic heterocycles. The van der Waals surface area contributed by atoms with Gasteiger partial charge in [-0.25, -0.2) is 9.50 Å². The molecule has 0 unspecified atom stereocenters. The van der Waals surface area contributed by atoms with E-state index in [1.165, 1.54) is 5.69 Å². The maximum atomic E-state index is 13.3. The van der Waals surface area contributed by atoms with E-state index < -0.39 is 0 Å². The smallest absolute Gasteiger partial charge is 0.257 e. The molecule has 5 aromatic heterocycles. The Morgan fingerprint density at radius 3 is 2.59 bits per heavy atom. The van der Waals surface area contributed by atoms with Gasteiger partial charge >= 0.3 is 0 Å². The lowest BCUT2D eigenvalue weighted by Crippen LogP contribution is -2.47. The largest absolute Gasteiger partial charge is 0.346 e. The van der Waals surface area contributed by atoms with Crippen LogP contribution in [-0.2, 0) is 13.1 Å². The SMILES string of the molecule is CN1CCN(C(=O)c2cnn3ccc(-c4c[nH]c5ncc(-c6cnn7c6CN(C)CC7)cc45)cc23)CC1. The summed E-state index contributed by atoms with van der Waals surface area (Å²) < 4.78 is 3.88. The topological polar surface area (TPSA) is 90.6 Å². The standard InChI is InChI=1S/C27H29N9O/c1-32-5-8-34(9-6-32)27(37)23-16-31-35-4-3-18(12-24(23)35)21-14-29-26-20(21)11-19(13-28-26)22-15-30-36-10-7-33(2)17-25(22)36/h3-4,11-16H,5-10,17H2,1-2H3,(H,28,29). The number of piperazine rings is 1. The van der Waals surface area contributed by atoms with Crippen LogP contribution < -0.4 is 0 Å². The first kappa shape index (κ1) is 22.2. The highest BCUT2D eigenvalue weighted by Crippen LogP contribution is 2.33. The van der Waals surface area contributed by atoms with E-state index in [9.17, 15) is 4.79 Å². The van der Waals surface area contributed by atoms with Gasteiger partial charge in [0, 0.05) is 79.9 Å². The van der Waals surface area contributed by atoms with E-state index in [1.807, 2.05) is 35.8 Å². The van der Waals surface area contributed by atoms with Gasteiger partial charge in [0.15, 0.2) is 0 Å². The Morgan fingerprint density at radius 1 is 0.892 bits per heavy atom. The van der Waals surface area contributed by atoms with Crippen molar-refractivity contribution >= 4 is 22.5 Å². The lowest BCUT2D eigenvalue weighted by molar-refractivity contribution is 0.0666. The Labute approximate surface area is 214 Å². The van der Waals surface area contributed by atoms with Crippen LogP contribution in [0.25, 0.3) is 38.8 Å². The van der Waals surface area contributed by atoms with Crippen molar-refractivity contribution in [3.8, 4) is 22.3 Å². The molecule has 0 bridgehead atoms. The first-order valence-corrected chi connectivity index (χ1v) is 12.7. The van der Waals surface area contributed by atoms with E-state index in [0.717, 1.165) is 84.6 Å². The molecular formula is C27H29N9O. The Kier molecular flexibility index (Phi) is 5.12. The van der Waals surface area contributed by atoms with Crippen LogP contribution >= 0.6 is 0 Å². The Bertz CT molecular complexity index is 1640. The van der Waals surface area contributed by atoms with Gasteiger partial charge < -0.3 is 14.8 Å². The second kappa shape index (κ2) is 8.53. The number of aromatic nitrogens is 6. The van der Waals surface area contributed by atoms with Gasteiger partial charge in [0.1, 0.15) is 5.65 Å². The highest BCUT2D eigenvalue weighted by molar-refractivity contribution is 6.02. The second-order valence-electron chi connectivity index (χ2n) is 10.2. The molecule has 2 aliphatic rings. The van der Waals surface area contributed by atoms with Crippen molar-refractivity contribution in [1.82, 2.24) is 44.1 Å².